The van der Waals surface area contributed by atoms with Crippen molar-refractivity contribution in [3.8, 4) is 11.1 Å². The maximum atomic E-state index is 14.6. The number of carbonyl (C=O) groups is 3. The first-order valence-electron chi connectivity index (χ1n) is 11.9. The summed E-state index contributed by atoms with van der Waals surface area (Å²) in [5.74, 6) is -2.70. The molecule has 1 saturated heterocycles. The van der Waals surface area contributed by atoms with Crippen LogP contribution in [0.5, 0.6) is 0 Å². The molecule has 3 aromatic rings. The van der Waals surface area contributed by atoms with Crippen molar-refractivity contribution in [3.63, 3.8) is 0 Å². The number of nitrogens with zero attached hydrogens (tertiary/aromatic N) is 2. The van der Waals surface area contributed by atoms with Crippen molar-refractivity contribution in [1.29, 1.82) is 5.41 Å². The van der Waals surface area contributed by atoms with Gasteiger partial charge in [-0.3, -0.25) is 19.8 Å². The number of halogens is 1. The molecule has 1 aromatic carbocycles. The molecule has 0 saturated carbocycles. The van der Waals surface area contributed by atoms with Crippen LogP contribution < -0.4 is 16.4 Å². The lowest BCUT2D eigenvalue weighted by Crippen LogP contribution is -2.49. The number of carbonyl (C=O) groups excluding carboxylic acids is 3. The summed E-state index contributed by atoms with van der Waals surface area (Å²) >= 11 is 1.25. The molecule has 0 unspecified atom stereocenters. The summed E-state index contributed by atoms with van der Waals surface area (Å²) in [4.78, 5) is 44.3. The Balaban J connectivity index is 1.35. The average Bonchev–Trinajstić information content (AvgIpc) is 3.61. The van der Waals surface area contributed by atoms with Crippen LogP contribution in [0.1, 0.15) is 39.8 Å². The fraction of sp³-hybridized carbons (Fsp3) is 0.269. The van der Waals surface area contributed by atoms with Gasteiger partial charge in [0.15, 0.2) is 11.5 Å². The van der Waals surface area contributed by atoms with E-state index in [0.717, 1.165) is 5.56 Å². The molecule has 0 bridgehead atoms. The minimum atomic E-state index is -0.838. The van der Waals surface area contributed by atoms with E-state index < -0.39 is 47.9 Å². The van der Waals surface area contributed by atoms with Crippen LogP contribution in [0.15, 0.2) is 54.0 Å². The van der Waals surface area contributed by atoms with Gasteiger partial charge in [-0.15, -0.1) is 11.3 Å². The molecule has 2 aromatic heterocycles. The number of aliphatic hydroxyl groups excluding tert-OH is 1. The second-order valence-electron chi connectivity index (χ2n) is 8.74. The molecule has 0 aliphatic carbocycles. The first-order chi connectivity index (χ1) is 18.3. The molecular formula is C26H27FN6O4S. The average molecular weight is 539 g/mol. The zero-order valence-corrected chi connectivity index (χ0v) is 21.1. The third-order valence-corrected chi connectivity index (χ3v) is 7.26. The van der Waals surface area contributed by atoms with Gasteiger partial charge in [0.05, 0.1) is 19.2 Å². The van der Waals surface area contributed by atoms with Crippen LogP contribution in [0.25, 0.3) is 11.1 Å². The fourth-order valence-corrected chi connectivity index (χ4v) is 5.17. The van der Waals surface area contributed by atoms with Crippen molar-refractivity contribution in [2.75, 3.05) is 19.7 Å². The van der Waals surface area contributed by atoms with Gasteiger partial charge in [-0.2, -0.15) is 0 Å². The van der Waals surface area contributed by atoms with Gasteiger partial charge < -0.3 is 26.4 Å². The number of thiophene rings is 1. The first kappa shape index (κ1) is 26.9. The number of aromatic nitrogens is 1. The van der Waals surface area contributed by atoms with Gasteiger partial charge in [0.1, 0.15) is 11.9 Å². The molecule has 10 nitrogen and oxygen atoms in total. The van der Waals surface area contributed by atoms with Crippen molar-refractivity contribution in [2.45, 2.75) is 24.9 Å². The molecular weight excluding hydrogens is 511 g/mol. The number of nitrogens with two attached hydrogens (primary N) is 1. The summed E-state index contributed by atoms with van der Waals surface area (Å²) in [6.45, 7) is -0.481. The summed E-state index contributed by atoms with van der Waals surface area (Å²) in [7, 11) is 0. The Morgan fingerprint density at radius 1 is 1.24 bits per heavy atom. The van der Waals surface area contributed by atoms with E-state index in [1.54, 1.807) is 23.6 Å². The highest BCUT2D eigenvalue weighted by Crippen LogP contribution is 2.24. The van der Waals surface area contributed by atoms with Crippen LogP contribution in [-0.2, 0) is 9.59 Å². The van der Waals surface area contributed by atoms with Gasteiger partial charge in [0, 0.05) is 34.1 Å². The number of hydrogen-bond acceptors (Lipinski definition) is 7. The summed E-state index contributed by atoms with van der Waals surface area (Å²) in [5, 5.41) is 24.1. The van der Waals surface area contributed by atoms with E-state index in [0.29, 0.717) is 35.4 Å². The lowest BCUT2D eigenvalue weighted by molar-refractivity contribution is -0.138. The second kappa shape index (κ2) is 11.9. The van der Waals surface area contributed by atoms with Crippen LogP contribution in [-0.4, -0.2) is 64.3 Å². The Labute approximate surface area is 222 Å². The first-order valence-corrected chi connectivity index (χ1v) is 12.8. The topological polar surface area (TPSA) is 162 Å². The SMILES string of the molecule is N=C(N)c1csc([C@@H](CO)NC(=O)[C@@H]2CCCN2C(=O)CNC(=O)c2ncc(-c3ccccc3)cc2F)c1. The van der Waals surface area contributed by atoms with Gasteiger partial charge in [0.25, 0.3) is 5.91 Å². The molecule has 0 spiro atoms. The monoisotopic (exact) mass is 538 g/mol. The van der Waals surface area contributed by atoms with E-state index in [4.69, 9.17) is 11.1 Å². The molecule has 198 valence electrons. The molecule has 38 heavy (non-hydrogen) atoms. The standard InChI is InChI=1S/C26H27FN6O4S/c27-18-9-16(15-5-2-1-3-6-15)11-30-23(18)26(37)31-12-22(35)33-8-4-7-20(33)25(36)32-19(13-34)21-10-17(14-38-21)24(28)29/h1-3,5-6,9-11,14,19-20,34H,4,7-8,12-13H2,(H3,28,29)(H,31,37)(H,32,36)/t19-,20+/m1/s1. The van der Waals surface area contributed by atoms with Crippen molar-refractivity contribution in [1.82, 2.24) is 20.5 Å². The van der Waals surface area contributed by atoms with Gasteiger partial charge in [-0.25, -0.2) is 9.37 Å². The van der Waals surface area contributed by atoms with Crippen LogP contribution in [0.2, 0.25) is 0 Å². The van der Waals surface area contributed by atoms with Gasteiger partial charge in [-0.05, 0) is 30.5 Å². The van der Waals surface area contributed by atoms with E-state index in [1.807, 2.05) is 18.2 Å². The zero-order valence-electron chi connectivity index (χ0n) is 20.3. The number of rotatable bonds is 9. The van der Waals surface area contributed by atoms with E-state index in [2.05, 4.69) is 15.6 Å². The van der Waals surface area contributed by atoms with Gasteiger partial charge >= 0.3 is 0 Å². The molecule has 4 rings (SSSR count). The number of aliphatic hydroxyl groups is 1. The van der Waals surface area contributed by atoms with Gasteiger partial charge in [-0.1, -0.05) is 30.3 Å². The normalized spacial score (nSPS) is 15.6. The Kier molecular flexibility index (Phi) is 8.44. The maximum absolute atomic E-state index is 14.6. The highest BCUT2D eigenvalue weighted by atomic mass is 32.1. The highest BCUT2D eigenvalue weighted by molar-refractivity contribution is 7.10. The molecule has 3 heterocycles. The quantitative estimate of drug-likeness (QED) is 0.206. The highest BCUT2D eigenvalue weighted by Gasteiger charge is 2.35. The molecule has 1 aliphatic rings. The minimum Gasteiger partial charge on any atom is -0.394 e. The maximum Gasteiger partial charge on any atom is 0.273 e. The number of benzene rings is 1. The Hall–Kier alpha value is -4.16. The molecule has 6 N–H and O–H groups in total. The Morgan fingerprint density at radius 2 is 2.00 bits per heavy atom. The van der Waals surface area contributed by atoms with Crippen LogP contribution >= 0.6 is 11.3 Å². The molecule has 3 amide bonds. The summed E-state index contributed by atoms with van der Waals surface area (Å²) < 4.78 is 14.6. The lowest BCUT2D eigenvalue weighted by Gasteiger charge is -2.26. The van der Waals surface area contributed by atoms with Crippen molar-refractivity contribution in [2.24, 2.45) is 5.73 Å². The van der Waals surface area contributed by atoms with E-state index in [1.165, 1.54) is 28.5 Å². The van der Waals surface area contributed by atoms with Crippen LogP contribution in [0, 0.1) is 11.2 Å². The Morgan fingerprint density at radius 3 is 2.66 bits per heavy atom. The predicted octanol–water partition coefficient (Wildman–Crippen LogP) is 1.80. The molecule has 0 radical (unpaired) electrons. The fourth-order valence-electron chi connectivity index (χ4n) is 4.22. The molecule has 1 aliphatic heterocycles. The lowest BCUT2D eigenvalue weighted by atomic mass is 10.1. The largest absolute Gasteiger partial charge is 0.394 e. The van der Waals surface area contributed by atoms with Crippen LogP contribution in [0.4, 0.5) is 4.39 Å². The number of nitrogen functional groups attached to an aromatic ring is 1. The van der Waals surface area contributed by atoms with Crippen LogP contribution in [0.3, 0.4) is 0 Å². The Bertz CT molecular complexity index is 1350. The number of likely N-dealkylation sites (tertiary alicyclic amines) is 1. The van der Waals surface area contributed by atoms with Crippen molar-refractivity contribution >= 4 is 34.9 Å². The third kappa shape index (κ3) is 6.03. The minimum absolute atomic E-state index is 0.118. The second-order valence-corrected chi connectivity index (χ2v) is 9.69. The van der Waals surface area contributed by atoms with E-state index >= 15 is 0 Å². The number of pyridine rings is 1. The van der Waals surface area contributed by atoms with E-state index in [-0.39, 0.29) is 12.4 Å². The van der Waals surface area contributed by atoms with E-state index in [9.17, 15) is 23.9 Å². The number of nitrogens with one attached hydrogen (secondary N) is 3. The van der Waals surface area contributed by atoms with Gasteiger partial charge in [0.2, 0.25) is 11.8 Å². The predicted molar refractivity (Wildman–Crippen MR) is 140 cm³/mol. The number of hydrogen-bond donors (Lipinski definition) is 5. The summed E-state index contributed by atoms with van der Waals surface area (Å²) in [6.07, 6.45) is 2.40. The summed E-state index contributed by atoms with van der Waals surface area (Å²) in [6, 6.07) is 10.4. The molecule has 1 fully saturated rings. The van der Waals surface area contributed by atoms with Crippen molar-refractivity contribution < 1.29 is 23.9 Å². The third-order valence-electron chi connectivity index (χ3n) is 6.21. The summed E-state index contributed by atoms with van der Waals surface area (Å²) in [5.41, 5.74) is 6.82. The number of amidine groups is 1. The smallest absolute Gasteiger partial charge is 0.273 e. The number of amides is 3. The zero-order chi connectivity index (χ0) is 27.2. The molecule has 2 atom stereocenters. The van der Waals surface area contributed by atoms with Crippen molar-refractivity contribution in [3.05, 3.63) is 76.0 Å². The molecule has 12 heteroatoms.